The summed E-state index contributed by atoms with van der Waals surface area (Å²) in [5.74, 6) is -0.505. The van der Waals surface area contributed by atoms with Crippen molar-refractivity contribution in [3.8, 4) is 0 Å². The van der Waals surface area contributed by atoms with E-state index in [0.717, 1.165) is 23.1 Å². The minimum Gasteiger partial charge on any atom is -0.287 e. The highest BCUT2D eigenvalue weighted by molar-refractivity contribution is 9.10. The fraction of sp³-hybridized carbons (Fsp3) is 0.625. The molecule has 0 atom stereocenters. The topological polar surface area (TPSA) is 54.5 Å². The summed E-state index contributed by atoms with van der Waals surface area (Å²) in [6, 6.07) is 2.67. The first kappa shape index (κ1) is 27.8. The quantitative estimate of drug-likeness (QED) is 0.288. The van der Waals surface area contributed by atoms with Crippen LogP contribution < -0.4 is 4.90 Å². The number of halogens is 2. The number of hydrogen-bond acceptors (Lipinski definition) is 4. The predicted molar refractivity (Wildman–Crippen MR) is 130 cm³/mol. The van der Waals surface area contributed by atoms with Crippen molar-refractivity contribution in [1.29, 1.82) is 0 Å². The van der Waals surface area contributed by atoms with Crippen LogP contribution >= 0.6 is 27.7 Å². The van der Waals surface area contributed by atoms with Gasteiger partial charge < -0.3 is 0 Å². The molecule has 0 saturated carbocycles. The molecular formula is C24H35BrFNO3S. The van der Waals surface area contributed by atoms with Crippen molar-refractivity contribution in [2.24, 2.45) is 17.8 Å². The molecule has 0 aliphatic rings. The molecule has 0 saturated heterocycles. The van der Waals surface area contributed by atoms with Crippen LogP contribution in [0.3, 0.4) is 0 Å². The van der Waals surface area contributed by atoms with E-state index in [2.05, 4.69) is 15.9 Å². The van der Waals surface area contributed by atoms with Crippen molar-refractivity contribution in [3.63, 3.8) is 0 Å². The third kappa shape index (κ3) is 9.85. The molecule has 0 spiro atoms. The molecule has 1 rings (SSSR count). The maximum Gasteiger partial charge on any atom is 0.233 e. The molecule has 0 aromatic heterocycles. The van der Waals surface area contributed by atoms with Crippen molar-refractivity contribution in [2.45, 2.75) is 85.0 Å². The second-order valence-electron chi connectivity index (χ2n) is 9.13. The van der Waals surface area contributed by atoms with E-state index in [1.807, 2.05) is 41.5 Å². The van der Waals surface area contributed by atoms with E-state index < -0.39 is 17.6 Å². The molecule has 7 heteroatoms. The molecular weight excluding hydrogens is 481 g/mol. The van der Waals surface area contributed by atoms with Crippen molar-refractivity contribution in [3.05, 3.63) is 22.4 Å². The zero-order chi connectivity index (χ0) is 23.7. The van der Waals surface area contributed by atoms with Crippen molar-refractivity contribution >= 4 is 50.3 Å². The van der Waals surface area contributed by atoms with E-state index in [9.17, 15) is 18.8 Å². The summed E-state index contributed by atoms with van der Waals surface area (Å²) in [7, 11) is 0. The zero-order valence-corrected chi connectivity index (χ0v) is 21.9. The number of nitrogens with zero attached hydrogens (tertiary/aromatic N) is 1. The van der Waals surface area contributed by atoms with Crippen molar-refractivity contribution in [2.75, 3.05) is 4.90 Å². The second kappa shape index (κ2) is 13.4. The number of anilines is 1. The Morgan fingerprint density at radius 1 is 0.871 bits per heavy atom. The molecule has 174 valence electrons. The third-order valence-corrected chi connectivity index (χ3v) is 6.67. The normalized spacial score (nSPS) is 11.5. The standard InChI is InChI=1S/C24H35BrFNO3S/c1-15(2)7-10-22(28)27(23(29)11-8-16(3)4)20-14-21(18(25)13-19(20)26)31-24(30)12-9-17(5)6/h13-17H,7-12H2,1-6H3. The minimum atomic E-state index is -0.665. The van der Waals surface area contributed by atoms with Gasteiger partial charge in [0.15, 0.2) is 5.12 Å². The van der Waals surface area contributed by atoms with Gasteiger partial charge in [-0.1, -0.05) is 53.3 Å². The largest absolute Gasteiger partial charge is 0.287 e. The van der Waals surface area contributed by atoms with Gasteiger partial charge in [-0.2, -0.15) is 0 Å². The Hall–Kier alpha value is -1.21. The van der Waals surface area contributed by atoms with E-state index in [1.165, 1.54) is 12.1 Å². The highest BCUT2D eigenvalue weighted by Gasteiger charge is 2.27. The number of benzene rings is 1. The molecule has 0 unspecified atom stereocenters. The number of hydrogen-bond donors (Lipinski definition) is 0. The highest BCUT2D eigenvalue weighted by Crippen LogP contribution is 2.36. The summed E-state index contributed by atoms with van der Waals surface area (Å²) < 4.78 is 15.4. The van der Waals surface area contributed by atoms with Crippen molar-refractivity contribution < 1.29 is 18.8 Å². The first-order valence-corrected chi connectivity index (χ1v) is 12.6. The van der Waals surface area contributed by atoms with Crippen LogP contribution in [0, 0.1) is 23.6 Å². The molecule has 4 nitrogen and oxygen atoms in total. The van der Waals surface area contributed by atoms with Crippen molar-refractivity contribution in [1.82, 2.24) is 0 Å². The molecule has 0 aliphatic heterocycles. The van der Waals surface area contributed by atoms with Gasteiger partial charge in [0, 0.05) is 28.6 Å². The first-order chi connectivity index (χ1) is 14.4. The minimum absolute atomic E-state index is 0.0317. The van der Waals surface area contributed by atoms with Crippen LogP contribution in [0.1, 0.15) is 80.1 Å². The van der Waals surface area contributed by atoms with Crippen LogP contribution in [0.15, 0.2) is 21.5 Å². The Bertz CT molecular complexity index is 756. The Morgan fingerprint density at radius 2 is 1.32 bits per heavy atom. The maximum atomic E-state index is 14.9. The Morgan fingerprint density at radius 3 is 1.77 bits per heavy atom. The highest BCUT2D eigenvalue weighted by atomic mass is 79.9. The number of carbonyl (C=O) groups excluding carboxylic acids is 3. The lowest BCUT2D eigenvalue weighted by Crippen LogP contribution is -2.37. The van der Waals surface area contributed by atoms with E-state index >= 15 is 0 Å². The van der Waals surface area contributed by atoms with Gasteiger partial charge in [-0.25, -0.2) is 9.29 Å². The molecule has 0 N–H and O–H groups in total. The molecule has 0 heterocycles. The van der Waals surface area contributed by atoms with Crippen LogP contribution in [-0.4, -0.2) is 16.9 Å². The van der Waals surface area contributed by atoms with E-state index in [-0.39, 0.29) is 35.5 Å². The van der Waals surface area contributed by atoms with Gasteiger partial charge in [-0.15, -0.1) is 0 Å². The van der Waals surface area contributed by atoms with Crippen LogP contribution in [0.5, 0.6) is 0 Å². The van der Waals surface area contributed by atoms with Gasteiger partial charge in [0.2, 0.25) is 11.8 Å². The summed E-state index contributed by atoms with van der Waals surface area (Å²) in [5.41, 5.74) is -0.0788. The van der Waals surface area contributed by atoms with Crippen LogP contribution in [0.2, 0.25) is 0 Å². The number of thioether (sulfide) groups is 1. The van der Waals surface area contributed by atoms with Crippen LogP contribution in [0.4, 0.5) is 10.1 Å². The molecule has 0 radical (unpaired) electrons. The summed E-state index contributed by atoms with van der Waals surface area (Å²) in [5, 5.41) is -0.0317. The number of carbonyl (C=O) groups is 3. The van der Waals surface area contributed by atoms with E-state index in [0.29, 0.717) is 34.5 Å². The molecule has 31 heavy (non-hydrogen) atoms. The van der Waals surface area contributed by atoms with E-state index in [4.69, 9.17) is 0 Å². The fourth-order valence-corrected chi connectivity index (χ4v) is 4.15. The summed E-state index contributed by atoms with van der Waals surface area (Å²) in [6.07, 6.45) is 2.73. The second-order valence-corrected chi connectivity index (χ2v) is 11.1. The number of amides is 2. The average molecular weight is 517 g/mol. The van der Waals surface area contributed by atoms with Gasteiger partial charge in [0.25, 0.3) is 0 Å². The maximum absolute atomic E-state index is 14.9. The zero-order valence-electron chi connectivity index (χ0n) is 19.5. The lowest BCUT2D eigenvalue weighted by Gasteiger charge is -2.23. The summed E-state index contributed by atoms with van der Waals surface area (Å²) in [4.78, 5) is 39.7. The SMILES string of the molecule is CC(C)CCC(=O)Sc1cc(N(C(=O)CCC(C)C)C(=O)CCC(C)C)c(F)cc1Br. The van der Waals surface area contributed by atoms with E-state index in [1.54, 1.807) is 0 Å². The number of rotatable bonds is 11. The van der Waals surface area contributed by atoms with Crippen LogP contribution in [-0.2, 0) is 14.4 Å². The molecule has 0 aliphatic carbocycles. The Balaban J connectivity index is 3.24. The van der Waals surface area contributed by atoms with Gasteiger partial charge in [0.05, 0.1) is 5.69 Å². The summed E-state index contributed by atoms with van der Waals surface area (Å²) >= 11 is 4.32. The molecule has 0 fully saturated rings. The summed E-state index contributed by atoms with van der Waals surface area (Å²) in [6.45, 7) is 12.1. The molecule has 0 bridgehead atoms. The monoisotopic (exact) mass is 515 g/mol. The molecule has 1 aromatic rings. The van der Waals surface area contributed by atoms with Gasteiger partial charge >= 0.3 is 0 Å². The first-order valence-electron chi connectivity index (χ1n) is 11.0. The Kier molecular flexibility index (Phi) is 12.0. The van der Waals surface area contributed by atoms with Gasteiger partial charge in [-0.05, 0) is 65.1 Å². The van der Waals surface area contributed by atoms with Gasteiger partial charge in [0.1, 0.15) is 5.82 Å². The lowest BCUT2D eigenvalue weighted by atomic mass is 10.1. The average Bonchev–Trinajstić information content (AvgIpc) is 2.66. The molecule has 1 aromatic carbocycles. The molecule has 2 amide bonds. The lowest BCUT2D eigenvalue weighted by molar-refractivity contribution is -0.127. The number of imide groups is 1. The van der Waals surface area contributed by atoms with Gasteiger partial charge in [-0.3, -0.25) is 14.4 Å². The van der Waals surface area contributed by atoms with Crippen LogP contribution in [0.25, 0.3) is 0 Å². The predicted octanol–water partition coefficient (Wildman–Crippen LogP) is 7.38. The Labute approximate surface area is 198 Å². The fourth-order valence-electron chi connectivity index (χ4n) is 2.80. The third-order valence-electron chi connectivity index (χ3n) is 4.76. The smallest absolute Gasteiger partial charge is 0.233 e.